The highest BCUT2D eigenvalue weighted by molar-refractivity contribution is 6.35. The van der Waals surface area contributed by atoms with Crippen LogP contribution in [0.3, 0.4) is 0 Å². The van der Waals surface area contributed by atoms with Crippen LogP contribution in [0.2, 0.25) is 0 Å². The van der Waals surface area contributed by atoms with Crippen LogP contribution in [0.5, 0.6) is 0 Å². The molecule has 49 heavy (non-hydrogen) atoms. The lowest BCUT2D eigenvalue weighted by Crippen LogP contribution is -2.61. The van der Waals surface area contributed by atoms with Crippen LogP contribution in [0.15, 0.2) is 108 Å². The fourth-order valence-corrected chi connectivity index (χ4v) is 10.4. The molecular formula is C44H41N3O2. The van der Waals surface area contributed by atoms with Crippen LogP contribution in [0, 0.1) is 33.6 Å². The summed E-state index contributed by atoms with van der Waals surface area (Å²) in [5, 5.41) is 7.39. The number of ketones is 2. The molecule has 1 aliphatic heterocycles. The Kier molecular flexibility index (Phi) is 7.00. The van der Waals surface area contributed by atoms with Crippen molar-refractivity contribution in [2.24, 2.45) is 33.9 Å². The van der Waals surface area contributed by atoms with Crippen LogP contribution in [-0.2, 0) is 4.79 Å². The molecule has 0 spiro atoms. The summed E-state index contributed by atoms with van der Waals surface area (Å²) < 4.78 is 0. The molecule has 4 fully saturated rings. The first-order valence-corrected chi connectivity index (χ1v) is 17.8. The first kappa shape index (κ1) is 30.2. The molecule has 2 unspecified atom stereocenters. The number of allylic oxidation sites excluding steroid dienone is 1. The van der Waals surface area contributed by atoms with Crippen molar-refractivity contribution in [1.82, 2.24) is 0 Å². The lowest BCUT2D eigenvalue weighted by Gasteiger charge is -2.58. The number of anilines is 1. The molecular weight excluding hydrogens is 603 g/mol. The normalized spacial score (nSPS) is 29.7. The number of hydrogen-bond acceptors (Lipinski definition) is 5. The van der Waals surface area contributed by atoms with Crippen molar-refractivity contribution in [3.05, 3.63) is 141 Å². The van der Waals surface area contributed by atoms with Crippen LogP contribution in [-0.4, -0.2) is 23.3 Å². The van der Waals surface area contributed by atoms with E-state index in [-0.39, 0.29) is 22.9 Å². The van der Waals surface area contributed by atoms with Crippen LogP contribution in [0.4, 0.5) is 11.4 Å². The van der Waals surface area contributed by atoms with Crippen molar-refractivity contribution >= 4 is 40.8 Å². The minimum absolute atomic E-state index is 0.0818. The van der Waals surface area contributed by atoms with E-state index in [9.17, 15) is 9.59 Å². The number of nitrogens with zero attached hydrogens (tertiary/aromatic N) is 1. The largest absolute Gasteiger partial charge is 0.360 e. The first-order valence-electron chi connectivity index (χ1n) is 17.8. The Labute approximate surface area is 286 Å². The summed E-state index contributed by atoms with van der Waals surface area (Å²) in [6, 6.07) is 31.1. The molecule has 5 nitrogen and oxygen atoms in total. The minimum Gasteiger partial charge on any atom is -0.360 e. The maximum Gasteiger partial charge on any atom is 0.191 e. The third-order valence-corrected chi connectivity index (χ3v) is 12.1. The quantitative estimate of drug-likeness (QED) is 0.229. The van der Waals surface area contributed by atoms with Crippen molar-refractivity contribution in [3.8, 4) is 0 Å². The second-order valence-corrected chi connectivity index (χ2v) is 15.3. The fraction of sp³-hybridized carbons (Fsp3) is 0.295. The number of Topliss-reactive ketones (excluding diaryl/α,β-unsaturated/α-hetero) is 2. The summed E-state index contributed by atoms with van der Waals surface area (Å²) in [6.07, 6.45) is 14.9. The number of benzene rings is 4. The van der Waals surface area contributed by atoms with Gasteiger partial charge in [-0.25, -0.2) is 0 Å². The molecule has 1 heterocycles. The summed E-state index contributed by atoms with van der Waals surface area (Å²) in [4.78, 5) is 32.8. The van der Waals surface area contributed by atoms with Gasteiger partial charge in [-0.1, -0.05) is 84.9 Å². The Morgan fingerprint density at radius 1 is 0.735 bits per heavy atom. The highest BCUT2D eigenvalue weighted by Crippen LogP contribution is 2.63. The Morgan fingerprint density at radius 3 is 2.14 bits per heavy atom. The molecule has 4 bridgehead atoms. The number of rotatable bonds is 2. The third-order valence-electron chi connectivity index (χ3n) is 12.1. The summed E-state index contributed by atoms with van der Waals surface area (Å²) in [5.74, 6) is 1.65. The van der Waals surface area contributed by atoms with Gasteiger partial charge in [-0.05, 0) is 113 Å². The summed E-state index contributed by atoms with van der Waals surface area (Å²) >= 11 is 0. The smallest absolute Gasteiger partial charge is 0.191 e. The second-order valence-electron chi connectivity index (χ2n) is 15.3. The van der Waals surface area contributed by atoms with Crippen LogP contribution in [0.25, 0.3) is 11.6 Å². The van der Waals surface area contributed by atoms with E-state index in [1.54, 1.807) is 13.1 Å². The van der Waals surface area contributed by atoms with Gasteiger partial charge in [0.25, 0.3) is 0 Å². The molecule has 6 aliphatic carbocycles. The molecule has 0 amide bonds. The first-order chi connectivity index (χ1) is 23.8. The molecule has 0 radical (unpaired) electrons. The highest BCUT2D eigenvalue weighted by atomic mass is 16.2. The number of carbonyl (C=O) groups is 2. The Hall–Kier alpha value is -4.87. The number of carbonyl (C=O) groups excluding carboxylic acids is 2. The topological polar surface area (TPSA) is 84.5 Å². The van der Waals surface area contributed by atoms with Gasteiger partial charge in [0, 0.05) is 34.9 Å². The van der Waals surface area contributed by atoms with Gasteiger partial charge in [0.2, 0.25) is 0 Å². The van der Waals surface area contributed by atoms with Gasteiger partial charge in [0.1, 0.15) is 5.54 Å². The molecule has 4 aromatic carbocycles. The van der Waals surface area contributed by atoms with Gasteiger partial charge in [-0.15, -0.1) is 0 Å². The van der Waals surface area contributed by atoms with Gasteiger partial charge in [0.05, 0.1) is 11.4 Å². The Bertz CT molecular complexity index is 2280. The van der Waals surface area contributed by atoms with E-state index in [1.807, 2.05) is 42.6 Å². The van der Waals surface area contributed by atoms with E-state index in [1.165, 1.54) is 24.5 Å². The van der Waals surface area contributed by atoms with Crippen LogP contribution < -0.4 is 21.5 Å². The van der Waals surface area contributed by atoms with Gasteiger partial charge in [0.15, 0.2) is 11.6 Å². The van der Waals surface area contributed by atoms with E-state index < -0.39 is 5.54 Å². The van der Waals surface area contributed by atoms with Crippen molar-refractivity contribution in [1.29, 1.82) is 0 Å². The van der Waals surface area contributed by atoms with Crippen molar-refractivity contribution in [3.63, 3.8) is 0 Å². The average molecular weight is 644 g/mol. The van der Waals surface area contributed by atoms with Gasteiger partial charge in [-0.2, -0.15) is 0 Å². The zero-order chi connectivity index (χ0) is 33.3. The molecule has 3 N–H and O–H groups in total. The number of hydrogen-bond donors (Lipinski definition) is 2. The molecule has 2 atom stereocenters. The van der Waals surface area contributed by atoms with Crippen molar-refractivity contribution in [2.45, 2.75) is 56.9 Å². The molecule has 244 valence electrons. The Morgan fingerprint density at radius 2 is 1.39 bits per heavy atom. The van der Waals surface area contributed by atoms with E-state index in [4.69, 9.17) is 5.73 Å². The molecule has 0 aromatic heterocycles. The predicted molar refractivity (Wildman–Crippen MR) is 196 cm³/mol. The maximum atomic E-state index is 14.3. The number of aliphatic imine (C=N–C) groups is 1. The van der Waals surface area contributed by atoms with E-state index >= 15 is 0 Å². The summed E-state index contributed by atoms with van der Waals surface area (Å²) in [7, 11) is 0. The van der Waals surface area contributed by atoms with Crippen LogP contribution >= 0.6 is 0 Å². The SMILES string of the molecule is C1=CNc2ccccc2N=C1.CC1(N)C(=O)C(C23CC4CC(CC(C4)C2)C3)=c2ccc3c(c2C1=O)C(c1ccccc1)C=c1ccccc1=3. The molecule has 4 saturated carbocycles. The zero-order valence-electron chi connectivity index (χ0n) is 27.9. The van der Waals surface area contributed by atoms with Crippen molar-refractivity contribution in [2.75, 3.05) is 5.32 Å². The maximum absolute atomic E-state index is 14.3. The minimum atomic E-state index is -1.54. The predicted octanol–water partition coefficient (Wildman–Crippen LogP) is 7.08. The number of nitrogens with two attached hydrogens (primary N) is 1. The molecule has 5 heteroatoms. The average Bonchev–Trinajstić information content (AvgIpc) is 3.36. The lowest BCUT2D eigenvalue weighted by atomic mass is 9.46. The number of nitrogens with one attached hydrogen (secondary N) is 1. The third kappa shape index (κ3) is 4.81. The summed E-state index contributed by atoms with van der Waals surface area (Å²) in [6.45, 7) is 1.67. The van der Waals surface area contributed by atoms with Gasteiger partial charge < -0.3 is 11.1 Å². The second kappa shape index (κ2) is 11.3. The standard InChI is InChI=1S/C35H33NO2.C9H8N2/c1-34(36)32(37)30-27(31(33(34)38)35-17-20-13-21(18-35)15-22(14-20)19-35)12-11-26-25-10-6-5-9-24(25)16-28(29(26)30)23-7-3-2-4-8-23;1-2-5-9-8(4-1)10-6-3-7-11-9/h2-12,16,20-22,28H,13-15,17-19,36H2,1H3;1-7,10H. The molecule has 0 saturated heterocycles. The molecule has 11 rings (SSSR count). The monoisotopic (exact) mass is 643 g/mol. The van der Waals surface area contributed by atoms with E-state index in [0.717, 1.165) is 63.0 Å². The lowest BCUT2D eigenvalue weighted by molar-refractivity contribution is -0.119. The van der Waals surface area contributed by atoms with Crippen LogP contribution in [0.1, 0.15) is 72.9 Å². The molecule has 7 aliphatic rings. The number of para-hydroxylation sites is 2. The zero-order valence-corrected chi connectivity index (χ0v) is 27.9. The van der Waals surface area contributed by atoms with E-state index in [0.29, 0.717) is 23.3 Å². The van der Waals surface area contributed by atoms with Gasteiger partial charge >= 0.3 is 0 Å². The fourth-order valence-electron chi connectivity index (χ4n) is 10.4. The number of fused-ring (bicyclic) bond motifs is 5. The van der Waals surface area contributed by atoms with Crippen molar-refractivity contribution < 1.29 is 9.59 Å². The Balaban J connectivity index is 0.000000251. The van der Waals surface area contributed by atoms with Gasteiger partial charge in [-0.3, -0.25) is 14.6 Å². The summed E-state index contributed by atoms with van der Waals surface area (Å²) in [5.41, 5.74) is 10.9. The highest BCUT2D eigenvalue weighted by Gasteiger charge is 2.57. The molecule has 4 aromatic rings. The van der Waals surface area contributed by atoms with E-state index in [2.05, 4.69) is 77.0 Å².